The van der Waals surface area contributed by atoms with Gasteiger partial charge in [-0.15, -0.1) is 0 Å². The molecule has 0 saturated carbocycles. The summed E-state index contributed by atoms with van der Waals surface area (Å²) in [5, 5.41) is 4.08. The first-order valence-corrected chi connectivity index (χ1v) is 13.7. The molecule has 0 aliphatic carbocycles. The fraction of sp³-hybridized carbons (Fsp3) is 0.364. The average Bonchev–Trinajstić information content (AvgIpc) is 2.98. The Balaban J connectivity index is 1.81. The number of ether oxygens (including phenoxy) is 5. The van der Waals surface area contributed by atoms with Gasteiger partial charge >= 0.3 is 0 Å². The maximum absolute atomic E-state index is 13.1. The van der Waals surface area contributed by atoms with Crippen LogP contribution in [0, 0.1) is 0 Å². The van der Waals surface area contributed by atoms with E-state index in [1.807, 2.05) is 35.2 Å². The lowest BCUT2D eigenvalue weighted by molar-refractivity contribution is -0.130. The van der Waals surface area contributed by atoms with Crippen molar-refractivity contribution in [2.75, 3.05) is 41.6 Å². The number of carbonyl (C=O) groups excluding carboxylic acids is 1. The summed E-state index contributed by atoms with van der Waals surface area (Å²) in [5.41, 5.74) is 3.16. The van der Waals surface area contributed by atoms with Gasteiger partial charge in [0.1, 0.15) is 5.75 Å². The molecule has 1 amide bonds. The van der Waals surface area contributed by atoms with Crippen LogP contribution in [0.1, 0.15) is 49.4 Å². The monoisotopic (exact) mass is 543 g/mol. The van der Waals surface area contributed by atoms with Gasteiger partial charge < -0.3 is 28.6 Å². The lowest BCUT2D eigenvalue weighted by atomic mass is 9.84. The summed E-state index contributed by atoms with van der Waals surface area (Å²) in [7, 11) is 6.55. The minimum Gasteiger partial charge on any atom is -0.494 e. The largest absolute Gasteiger partial charge is 0.494 e. The van der Waals surface area contributed by atoms with Gasteiger partial charge in [-0.25, -0.2) is 0 Å². The molecule has 1 aliphatic heterocycles. The molecule has 210 valence electrons. The van der Waals surface area contributed by atoms with Gasteiger partial charge in [0.15, 0.2) is 23.0 Å². The van der Waals surface area contributed by atoms with E-state index >= 15 is 0 Å². The minimum absolute atomic E-state index is 0.0128. The van der Waals surface area contributed by atoms with Crippen LogP contribution < -0.4 is 23.7 Å². The van der Waals surface area contributed by atoms with Crippen LogP contribution in [0.2, 0.25) is 0 Å². The summed E-state index contributed by atoms with van der Waals surface area (Å²) in [6.45, 7) is 5.05. The van der Waals surface area contributed by atoms with E-state index < -0.39 is 0 Å². The van der Waals surface area contributed by atoms with E-state index in [4.69, 9.17) is 23.7 Å². The number of amides is 1. The van der Waals surface area contributed by atoms with Crippen LogP contribution in [0.15, 0.2) is 48.5 Å². The normalized spacial score (nSPS) is 14.7. The van der Waals surface area contributed by atoms with Crippen LogP contribution in [-0.4, -0.2) is 52.4 Å². The van der Waals surface area contributed by atoms with Gasteiger partial charge in [-0.05, 0) is 93.5 Å². The van der Waals surface area contributed by atoms with E-state index in [1.165, 1.54) is 0 Å². The summed E-state index contributed by atoms with van der Waals surface area (Å²) in [5.74, 6) is 3.43. The fourth-order valence-electron chi connectivity index (χ4n) is 5.75. The minimum atomic E-state index is -0.327. The molecular weight excluding hydrogens is 506 g/mol. The Morgan fingerprint density at radius 1 is 0.800 bits per heavy atom. The molecule has 1 heterocycles. The molecule has 5 rings (SSSR count). The highest BCUT2D eigenvalue weighted by molar-refractivity contribution is 6.11. The van der Waals surface area contributed by atoms with Crippen molar-refractivity contribution in [2.45, 2.75) is 39.2 Å². The summed E-state index contributed by atoms with van der Waals surface area (Å²) < 4.78 is 28.8. The van der Waals surface area contributed by atoms with Gasteiger partial charge in [0.2, 0.25) is 5.91 Å². The highest BCUT2D eigenvalue weighted by atomic mass is 16.5. The second-order valence-electron chi connectivity index (χ2n) is 10.1. The number of hydrogen-bond acceptors (Lipinski definition) is 6. The van der Waals surface area contributed by atoms with Crippen LogP contribution in [0.25, 0.3) is 21.5 Å². The van der Waals surface area contributed by atoms with Crippen molar-refractivity contribution in [3.8, 4) is 28.7 Å². The van der Waals surface area contributed by atoms with Gasteiger partial charge in [-0.2, -0.15) is 0 Å². The molecule has 0 aromatic heterocycles. The van der Waals surface area contributed by atoms with Gasteiger partial charge in [0, 0.05) is 13.5 Å². The summed E-state index contributed by atoms with van der Waals surface area (Å²) >= 11 is 0. The number of nitrogens with zero attached hydrogens (tertiary/aromatic N) is 1. The maximum atomic E-state index is 13.1. The van der Waals surface area contributed by atoms with Crippen LogP contribution in [-0.2, 0) is 11.2 Å². The second-order valence-corrected chi connectivity index (χ2v) is 10.1. The number of carbonyl (C=O) groups is 1. The number of hydrogen-bond donors (Lipinski definition) is 0. The van der Waals surface area contributed by atoms with Crippen LogP contribution in [0.5, 0.6) is 28.7 Å². The topological polar surface area (TPSA) is 66.5 Å². The van der Waals surface area contributed by atoms with Crippen LogP contribution in [0.3, 0.4) is 0 Å². The molecule has 1 atom stereocenters. The van der Waals surface area contributed by atoms with E-state index in [0.29, 0.717) is 36.1 Å². The van der Waals surface area contributed by atoms with Crippen molar-refractivity contribution in [3.63, 3.8) is 0 Å². The Morgan fingerprint density at radius 2 is 1.45 bits per heavy atom. The Labute approximate surface area is 235 Å². The third kappa shape index (κ3) is 4.85. The highest BCUT2D eigenvalue weighted by Gasteiger charge is 2.33. The van der Waals surface area contributed by atoms with Crippen molar-refractivity contribution in [2.24, 2.45) is 0 Å². The van der Waals surface area contributed by atoms with E-state index in [0.717, 1.165) is 63.2 Å². The van der Waals surface area contributed by atoms with Crippen molar-refractivity contribution in [1.29, 1.82) is 0 Å². The molecule has 0 radical (unpaired) electrons. The first kappa shape index (κ1) is 27.4. The molecule has 4 aromatic carbocycles. The molecule has 40 heavy (non-hydrogen) atoms. The third-order valence-electron chi connectivity index (χ3n) is 7.80. The molecule has 0 N–H and O–H groups in total. The van der Waals surface area contributed by atoms with Crippen molar-refractivity contribution in [1.82, 2.24) is 4.90 Å². The molecule has 0 bridgehead atoms. The van der Waals surface area contributed by atoms with Gasteiger partial charge in [-0.3, -0.25) is 4.79 Å². The first-order chi connectivity index (χ1) is 19.4. The zero-order valence-corrected chi connectivity index (χ0v) is 24.1. The van der Waals surface area contributed by atoms with Gasteiger partial charge in [0.05, 0.1) is 41.1 Å². The Kier molecular flexibility index (Phi) is 7.92. The highest BCUT2D eigenvalue weighted by Crippen LogP contribution is 2.46. The number of rotatable bonds is 9. The molecule has 0 saturated heterocycles. The number of benzene rings is 4. The van der Waals surface area contributed by atoms with Crippen molar-refractivity contribution < 1.29 is 28.5 Å². The molecule has 0 spiro atoms. The standard InChI is InChI=1S/C33H37NO6/c1-7-8-13-40-23-10-9-21-14-28(27-19-32(39-6)31(38-5)18-26(27)24(21)16-23)33-25-17-30(37-4)29(36-3)15-22(25)11-12-34(33)20(2)35/h9-10,14-19,33H,7-8,11-13H2,1-6H3. The Hall–Kier alpha value is -4.13. The molecule has 1 aliphatic rings. The molecular formula is C33H37NO6. The SMILES string of the molecule is CCCCOc1ccc2cc(C3c4cc(OC)c(OC)cc4CCN3C(C)=O)c3cc(OC)c(OC)cc3c2c1. The van der Waals surface area contributed by atoms with E-state index in [2.05, 4.69) is 25.1 Å². The molecule has 1 unspecified atom stereocenters. The lowest BCUT2D eigenvalue weighted by Crippen LogP contribution is -2.39. The van der Waals surface area contributed by atoms with Gasteiger partial charge in [0.25, 0.3) is 0 Å². The lowest BCUT2D eigenvalue weighted by Gasteiger charge is -2.38. The summed E-state index contributed by atoms with van der Waals surface area (Å²) in [6.07, 6.45) is 2.80. The van der Waals surface area contributed by atoms with E-state index in [-0.39, 0.29) is 11.9 Å². The van der Waals surface area contributed by atoms with Crippen molar-refractivity contribution >= 4 is 27.5 Å². The quantitative estimate of drug-likeness (QED) is 0.173. The second kappa shape index (κ2) is 11.5. The molecule has 4 aromatic rings. The average molecular weight is 544 g/mol. The summed E-state index contributed by atoms with van der Waals surface area (Å²) in [4.78, 5) is 15.0. The molecule has 7 heteroatoms. The zero-order valence-electron chi connectivity index (χ0n) is 24.1. The van der Waals surface area contributed by atoms with Gasteiger partial charge in [-0.1, -0.05) is 19.4 Å². The number of fused-ring (bicyclic) bond motifs is 4. The Bertz CT molecular complexity index is 1560. The smallest absolute Gasteiger partial charge is 0.220 e. The predicted molar refractivity (Wildman–Crippen MR) is 157 cm³/mol. The predicted octanol–water partition coefficient (Wildman–Crippen LogP) is 6.70. The Morgan fingerprint density at radius 3 is 2.10 bits per heavy atom. The third-order valence-corrected chi connectivity index (χ3v) is 7.80. The summed E-state index contributed by atoms with van der Waals surface area (Å²) in [6, 6.07) is 16.1. The zero-order chi connectivity index (χ0) is 28.4. The number of unbranched alkanes of at least 4 members (excludes halogenated alkanes) is 1. The first-order valence-electron chi connectivity index (χ1n) is 13.7. The van der Waals surface area contributed by atoms with Crippen molar-refractivity contribution in [3.05, 3.63) is 65.2 Å². The van der Waals surface area contributed by atoms with Crippen LogP contribution in [0.4, 0.5) is 0 Å². The van der Waals surface area contributed by atoms with Crippen LogP contribution >= 0.6 is 0 Å². The maximum Gasteiger partial charge on any atom is 0.220 e. The molecule has 0 fully saturated rings. The van der Waals surface area contributed by atoms with E-state index in [9.17, 15) is 4.79 Å². The van der Waals surface area contributed by atoms with E-state index in [1.54, 1.807) is 35.4 Å². The molecule has 7 nitrogen and oxygen atoms in total. The fourth-order valence-corrected chi connectivity index (χ4v) is 5.75. The number of methoxy groups -OCH3 is 4.